The van der Waals surface area contributed by atoms with Crippen LogP contribution < -0.4 is 0 Å². The molecule has 3 rings (SSSR count). The van der Waals surface area contributed by atoms with Gasteiger partial charge in [0.25, 0.3) is 11.8 Å². The number of carbonyl (C=O) groups excluding carboxylic acids is 2. The van der Waals surface area contributed by atoms with Gasteiger partial charge in [-0.25, -0.2) is 0 Å². The minimum Gasteiger partial charge on any atom is -0.494 e. The standard InChI is InChI=1S/C15H18N2O4/c18-12-5-6-13(19)16(12)9-10-1-3-11(4-2-10)17-14(20)7-8-15(17)21/h5-8,10-11,20-21H,1-4,9H2. The Labute approximate surface area is 122 Å². The molecule has 21 heavy (non-hydrogen) atoms. The molecule has 1 aromatic heterocycles. The van der Waals surface area contributed by atoms with Gasteiger partial charge in [-0.15, -0.1) is 0 Å². The van der Waals surface area contributed by atoms with E-state index in [2.05, 4.69) is 0 Å². The number of hydrogen-bond acceptors (Lipinski definition) is 4. The number of hydrogen-bond donors (Lipinski definition) is 2. The smallest absolute Gasteiger partial charge is 0.253 e. The summed E-state index contributed by atoms with van der Waals surface area (Å²) in [5, 5.41) is 19.5. The van der Waals surface area contributed by atoms with E-state index >= 15 is 0 Å². The second-order valence-corrected chi connectivity index (χ2v) is 5.71. The quantitative estimate of drug-likeness (QED) is 0.827. The lowest BCUT2D eigenvalue weighted by atomic mass is 9.85. The summed E-state index contributed by atoms with van der Waals surface area (Å²) >= 11 is 0. The van der Waals surface area contributed by atoms with Crippen molar-refractivity contribution in [3.05, 3.63) is 24.3 Å². The molecule has 0 saturated heterocycles. The summed E-state index contributed by atoms with van der Waals surface area (Å²) in [5.41, 5.74) is 0. The zero-order chi connectivity index (χ0) is 15.0. The van der Waals surface area contributed by atoms with Gasteiger partial charge in [-0.2, -0.15) is 0 Å². The SMILES string of the molecule is O=C1C=CC(=O)N1CC1CCC(n2c(O)ccc2O)CC1. The van der Waals surface area contributed by atoms with Crippen LogP contribution in [0.2, 0.25) is 0 Å². The van der Waals surface area contributed by atoms with E-state index in [4.69, 9.17) is 0 Å². The van der Waals surface area contributed by atoms with Crippen LogP contribution in [0.15, 0.2) is 24.3 Å². The Kier molecular flexibility index (Phi) is 3.45. The topological polar surface area (TPSA) is 82.8 Å². The van der Waals surface area contributed by atoms with E-state index in [1.807, 2.05) is 0 Å². The average molecular weight is 290 g/mol. The van der Waals surface area contributed by atoms with E-state index in [-0.39, 0.29) is 35.5 Å². The van der Waals surface area contributed by atoms with Gasteiger partial charge in [-0.05, 0) is 31.6 Å². The second kappa shape index (κ2) is 5.27. The normalized spacial score (nSPS) is 25.8. The maximum atomic E-state index is 11.5. The predicted molar refractivity (Wildman–Crippen MR) is 74.6 cm³/mol. The molecule has 2 heterocycles. The number of aromatic hydroxyl groups is 2. The fraction of sp³-hybridized carbons (Fsp3) is 0.467. The number of amides is 2. The zero-order valence-electron chi connectivity index (χ0n) is 11.6. The number of nitrogens with zero attached hydrogens (tertiary/aromatic N) is 2. The van der Waals surface area contributed by atoms with Crippen LogP contribution in [-0.4, -0.2) is 38.0 Å². The minimum absolute atomic E-state index is 0.0688. The van der Waals surface area contributed by atoms with Crippen molar-refractivity contribution in [3.8, 4) is 11.8 Å². The van der Waals surface area contributed by atoms with Crippen LogP contribution in [0.4, 0.5) is 0 Å². The second-order valence-electron chi connectivity index (χ2n) is 5.71. The van der Waals surface area contributed by atoms with Crippen LogP contribution in [0.5, 0.6) is 11.8 Å². The Morgan fingerprint density at radius 2 is 1.48 bits per heavy atom. The summed E-state index contributed by atoms with van der Waals surface area (Å²) in [5.74, 6) is -0.0327. The number of imide groups is 1. The van der Waals surface area contributed by atoms with Crippen LogP contribution >= 0.6 is 0 Å². The average Bonchev–Trinajstić information content (AvgIpc) is 2.96. The lowest BCUT2D eigenvalue weighted by Gasteiger charge is -2.31. The Balaban J connectivity index is 1.58. The highest BCUT2D eigenvalue weighted by Gasteiger charge is 2.30. The molecule has 1 aromatic rings. The van der Waals surface area contributed by atoms with Crippen molar-refractivity contribution >= 4 is 11.8 Å². The number of aromatic nitrogens is 1. The summed E-state index contributed by atoms with van der Waals surface area (Å²) in [6.07, 6.45) is 5.96. The van der Waals surface area contributed by atoms with E-state index < -0.39 is 0 Å². The molecule has 0 bridgehead atoms. The lowest BCUT2D eigenvalue weighted by Crippen LogP contribution is -2.36. The fourth-order valence-electron chi connectivity index (χ4n) is 3.26. The van der Waals surface area contributed by atoms with E-state index in [0.717, 1.165) is 25.7 Å². The zero-order valence-corrected chi connectivity index (χ0v) is 11.6. The fourth-order valence-corrected chi connectivity index (χ4v) is 3.26. The molecule has 1 aliphatic heterocycles. The first-order chi connectivity index (χ1) is 10.1. The Hall–Kier alpha value is -2.24. The van der Waals surface area contributed by atoms with Gasteiger partial charge in [-0.3, -0.25) is 19.1 Å². The molecule has 1 fully saturated rings. The van der Waals surface area contributed by atoms with E-state index in [9.17, 15) is 19.8 Å². The van der Waals surface area contributed by atoms with Crippen molar-refractivity contribution < 1.29 is 19.8 Å². The molecule has 1 saturated carbocycles. The summed E-state index contributed by atoms with van der Waals surface area (Å²) in [6, 6.07) is 3.03. The summed E-state index contributed by atoms with van der Waals surface area (Å²) in [4.78, 5) is 24.4. The predicted octanol–water partition coefficient (Wildman–Crippen LogP) is 1.56. The van der Waals surface area contributed by atoms with E-state index in [0.29, 0.717) is 6.54 Å². The van der Waals surface area contributed by atoms with Crippen molar-refractivity contribution in [2.75, 3.05) is 6.54 Å². The van der Waals surface area contributed by atoms with Crippen LogP contribution in [0.3, 0.4) is 0 Å². The molecule has 0 radical (unpaired) electrons. The molecular weight excluding hydrogens is 272 g/mol. The van der Waals surface area contributed by atoms with Gasteiger partial charge in [0.15, 0.2) is 11.8 Å². The third-order valence-corrected chi connectivity index (χ3v) is 4.40. The first-order valence-electron chi connectivity index (χ1n) is 7.19. The summed E-state index contributed by atoms with van der Waals surface area (Å²) in [6.45, 7) is 0.459. The molecule has 0 atom stereocenters. The molecular formula is C15H18N2O4. The third-order valence-electron chi connectivity index (χ3n) is 4.40. The molecule has 6 nitrogen and oxygen atoms in total. The maximum Gasteiger partial charge on any atom is 0.253 e. The number of carbonyl (C=O) groups is 2. The van der Waals surface area contributed by atoms with Gasteiger partial charge in [0.05, 0.1) is 0 Å². The summed E-state index contributed by atoms with van der Waals surface area (Å²) < 4.78 is 1.55. The summed E-state index contributed by atoms with van der Waals surface area (Å²) in [7, 11) is 0. The molecule has 1 aliphatic carbocycles. The molecule has 2 amide bonds. The van der Waals surface area contributed by atoms with E-state index in [1.54, 1.807) is 4.57 Å². The monoisotopic (exact) mass is 290 g/mol. The van der Waals surface area contributed by atoms with Crippen molar-refractivity contribution in [1.82, 2.24) is 9.47 Å². The maximum absolute atomic E-state index is 11.5. The largest absolute Gasteiger partial charge is 0.494 e. The first kappa shape index (κ1) is 13.7. The van der Waals surface area contributed by atoms with Gasteiger partial charge in [-0.1, -0.05) is 0 Å². The van der Waals surface area contributed by atoms with Crippen LogP contribution in [0.1, 0.15) is 31.7 Å². The molecule has 0 unspecified atom stereocenters. The first-order valence-corrected chi connectivity index (χ1v) is 7.19. The Morgan fingerprint density at radius 3 is 2.00 bits per heavy atom. The molecule has 6 heteroatoms. The third kappa shape index (κ3) is 2.53. The van der Waals surface area contributed by atoms with Gasteiger partial charge in [0.2, 0.25) is 0 Å². The Morgan fingerprint density at radius 1 is 0.952 bits per heavy atom. The van der Waals surface area contributed by atoms with Crippen LogP contribution in [0.25, 0.3) is 0 Å². The molecule has 112 valence electrons. The van der Waals surface area contributed by atoms with Crippen molar-refractivity contribution in [1.29, 1.82) is 0 Å². The molecule has 0 spiro atoms. The lowest BCUT2D eigenvalue weighted by molar-refractivity contribution is -0.137. The van der Waals surface area contributed by atoms with Gasteiger partial charge < -0.3 is 10.2 Å². The van der Waals surface area contributed by atoms with Gasteiger partial charge in [0, 0.05) is 36.9 Å². The highest BCUT2D eigenvalue weighted by atomic mass is 16.3. The van der Waals surface area contributed by atoms with Crippen LogP contribution in [-0.2, 0) is 9.59 Å². The molecule has 0 aromatic carbocycles. The molecule has 2 N–H and O–H groups in total. The minimum atomic E-state index is -0.233. The van der Waals surface area contributed by atoms with Crippen LogP contribution in [0, 0.1) is 5.92 Å². The van der Waals surface area contributed by atoms with Gasteiger partial charge in [0.1, 0.15) is 0 Å². The van der Waals surface area contributed by atoms with Crippen molar-refractivity contribution in [2.24, 2.45) is 5.92 Å². The van der Waals surface area contributed by atoms with Crippen molar-refractivity contribution in [3.63, 3.8) is 0 Å². The van der Waals surface area contributed by atoms with Crippen molar-refractivity contribution in [2.45, 2.75) is 31.7 Å². The van der Waals surface area contributed by atoms with E-state index in [1.165, 1.54) is 29.2 Å². The van der Waals surface area contributed by atoms with Gasteiger partial charge >= 0.3 is 0 Å². The highest BCUT2D eigenvalue weighted by Crippen LogP contribution is 2.38. The molecule has 2 aliphatic rings. The highest BCUT2D eigenvalue weighted by molar-refractivity contribution is 6.12. The Bertz CT molecular complexity index is 559. The number of rotatable bonds is 3.